The Bertz CT molecular complexity index is 1120. The van der Waals surface area contributed by atoms with Crippen molar-refractivity contribution in [2.45, 2.75) is 6.61 Å². The van der Waals surface area contributed by atoms with E-state index in [0.717, 1.165) is 5.56 Å². The van der Waals surface area contributed by atoms with Crippen LogP contribution >= 0.6 is 58.0 Å². The SMILES string of the molecule is COc1ccc(/C=C/C(=O)c2cccnc2)cc1COc1c(Cl)c(Cl)c(Cl)c(Cl)c1Cl. The van der Waals surface area contributed by atoms with Crippen molar-refractivity contribution >= 4 is 69.9 Å². The minimum absolute atomic E-state index is 0.0466. The van der Waals surface area contributed by atoms with Gasteiger partial charge in [0, 0.05) is 23.5 Å². The zero-order valence-electron chi connectivity index (χ0n) is 16.0. The van der Waals surface area contributed by atoms with Crippen LogP contribution in [0.2, 0.25) is 25.1 Å². The lowest BCUT2D eigenvalue weighted by molar-refractivity contribution is 0.104. The number of pyridine rings is 1. The quantitative estimate of drug-likeness (QED) is 0.139. The van der Waals surface area contributed by atoms with Gasteiger partial charge in [-0.05, 0) is 35.9 Å². The maximum Gasteiger partial charge on any atom is 0.187 e. The topological polar surface area (TPSA) is 48.4 Å². The first-order valence-electron chi connectivity index (χ1n) is 8.77. The van der Waals surface area contributed by atoms with Crippen molar-refractivity contribution in [2.24, 2.45) is 0 Å². The summed E-state index contributed by atoms with van der Waals surface area (Å²) in [5.41, 5.74) is 1.95. The average Bonchev–Trinajstić information content (AvgIpc) is 2.80. The highest BCUT2D eigenvalue weighted by Gasteiger charge is 2.21. The van der Waals surface area contributed by atoms with E-state index < -0.39 is 0 Å². The minimum Gasteiger partial charge on any atom is -0.496 e. The van der Waals surface area contributed by atoms with Gasteiger partial charge in [-0.1, -0.05) is 70.1 Å². The molecular formula is C22H14Cl5NO3. The van der Waals surface area contributed by atoms with Crippen LogP contribution in [0.4, 0.5) is 0 Å². The molecule has 3 rings (SSSR count). The molecule has 0 saturated heterocycles. The van der Waals surface area contributed by atoms with Gasteiger partial charge in [0.05, 0.1) is 22.2 Å². The minimum atomic E-state index is -0.161. The van der Waals surface area contributed by atoms with Gasteiger partial charge in [0.1, 0.15) is 22.4 Å². The number of ether oxygens (including phenoxy) is 2. The van der Waals surface area contributed by atoms with Crippen LogP contribution in [0.5, 0.6) is 11.5 Å². The second-order valence-corrected chi connectivity index (χ2v) is 8.09. The molecule has 1 aromatic heterocycles. The zero-order valence-corrected chi connectivity index (χ0v) is 19.7. The summed E-state index contributed by atoms with van der Waals surface area (Å²) in [5, 5.41) is 0.251. The molecule has 0 fully saturated rings. The molecule has 9 heteroatoms. The average molecular weight is 518 g/mol. The van der Waals surface area contributed by atoms with E-state index in [4.69, 9.17) is 67.5 Å². The van der Waals surface area contributed by atoms with Crippen molar-refractivity contribution in [1.29, 1.82) is 0 Å². The molecule has 0 bridgehead atoms. The lowest BCUT2D eigenvalue weighted by Crippen LogP contribution is -2.01. The Morgan fingerprint density at radius 2 is 1.68 bits per heavy atom. The molecule has 0 aliphatic carbocycles. The summed E-state index contributed by atoms with van der Waals surface area (Å²) in [6.45, 7) is 0.0507. The van der Waals surface area contributed by atoms with E-state index in [1.807, 2.05) is 12.1 Å². The highest BCUT2D eigenvalue weighted by atomic mass is 35.5. The van der Waals surface area contributed by atoms with Crippen LogP contribution in [0, 0.1) is 0 Å². The lowest BCUT2D eigenvalue weighted by Gasteiger charge is -2.15. The molecule has 0 aliphatic rings. The van der Waals surface area contributed by atoms with E-state index in [2.05, 4.69) is 4.98 Å². The van der Waals surface area contributed by atoms with Gasteiger partial charge in [-0.25, -0.2) is 0 Å². The van der Waals surface area contributed by atoms with E-state index in [1.165, 1.54) is 19.4 Å². The van der Waals surface area contributed by atoms with Crippen molar-refractivity contribution in [1.82, 2.24) is 4.98 Å². The fourth-order valence-corrected chi connectivity index (χ4v) is 3.88. The van der Waals surface area contributed by atoms with Crippen LogP contribution in [-0.4, -0.2) is 17.9 Å². The van der Waals surface area contributed by atoms with Crippen LogP contribution < -0.4 is 9.47 Å². The third-order valence-electron chi connectivity index (χ3n) is 4.22. The highest BCUT2D eigenvalue weighted by molar-refractivity contribution is 6.55. The molecule has 0 aliphatic heterocycles. The second-order valence-electron chi connectivity index (χ2n) is 6.20. The molecular weight excluding hydrogens is 504 g/mol. The summed E-state index contributed by atoms with van der Waals surface area (Å²) in [5.74, 6) is 0.525. The third kappa shape index (κ3) is 5.46. The molecule has 0 amide bonds. The van der Waals surface area contributed by atoms with Gasteiger partial charge >= 0.3 is 0 Å². The first-order chi connectivity index (χ1) is 14.8. The maximum absolute atomic E-state index is 12.3. The second kappa shape index (κ2) is 10.6. The highest BCUT2D eigenvalue weighted by Crippen LogP contribution is 2.48. The Hall–Kier alpha value is -1.95. The van der Waals surface area contributed by atoms with Gasteiger partial charge in [0.15, 0.2) is 11.5 Å². The summed E-state index contributed by atoms with van der Waals surface area (Å²) in [7, 11) is 1.54. The maximum atomic E-state index is 12.3. The van der Waals surface area contributed by atoms with E-state index in [9.17, 15) is 4.79 Å². The van der Waals surface area contributed by atoms with E-state index >= 15 is 0 Å². The Labute approximate surface area is 204 Å². The van der Waals surface area contributed by atoms with Gasteiger partial charge in [-0.2, -0.15) is 0 Å². The number of rotatable bonds is 7. The van der Waals surface area contributed by atoms with Crippen LogP contribution in [0.3, 0.4) is 0 Å². The number of halogens is 5. The summed E-state index contributed by atoms with van der Waals surface area (Å²) in [4.78, 5) is 16.2. The molecule has 0 atom stereocenters. The molecule has 4 nitrogen and oxygen atoms in total. The lowest BCUT2D eigenvalue weighted by atomic mass is 10.1. The van der Waals surface area contributed by atoms with Crippen molar-refractivity contribution in [2.75, 3.05) is 7.11 Å². The molecule has 0 N–H and O–H groups in total. The van der Waals surface area contributed by atoms with Gasteiger partial charge in [0.2, 0.25) is 0 Å². The standard InChI is InChI=1S/C22H14Cl5NO3/c1-30-16-7-5-12(4-6-15(29)13-3-2-8-28-10-13)9-14(16)11-31-22-20(26)18(24)17(23)19(25)21(22)27/h2-10H,11H2,1H3/b6-4+. The van der Waals surface area contributed by atoms with Crippen LogP contribution in [0.25, 0.3) is 6.08 Å². The van der Waals surface area contributed by atoms with Crippen molar-refractivity contribution < 1.29 is 14.3 Å². The van der Waals surface area contributed by atoms with Gasteiger partial charge in [-0.3, -0.25) is 9.78 Å². The summed E-state index contributed by atoms with van der Waals surface area (Å²) in [6, 6.07) is 8.79. The molecule has 3 aromatic rings. The number of ketones is 1. The number of nitrogens with zero attached hydrogens (tertiary/aromatic N) is 1. The normalized spacial score (nSPS) is 11.0. The van der Waals surface area contributed by atoms with Crippen LogP contribution in [0.1, 0.15) is 21.5 Å². The Morgan fingerprint density at radius 1 is 1.00 bits per heavy atom. The monoisotopic (exact) mass is 515 g/mol. The molecule has 0 unspecified atom stereocenters. The van der Waals surface area contributed by atoms with Crippen LogP contribution in [-0.2, 0) is 6.61 Å². The van der Waals surface area contributed by atoms with Crippen molar-refractivity contribution in [3.8, 4) is 11.5 Å². The van der Waals surface area contributed by atoms with E-state index in [0.29, 0.717) is 16.9 Å². The first kappa shape index (κ1) is 23.7. The fraction of sp³-hybridized carbons (Fsp3) is 0.0909. The number of carbonyl (C=O) groups excluding carboxylic acids is 1. The Morgan fingerprint density at radius 3 is 2.29 bits per heavy atom. The number of hydrogen-bond acceptors (Lipinski definition) is 4. The van der Waals surface area contributed by atoms with Gasteiger partial charge in [-0.15, -0.1) is 0 Å². The molecule has 2 aromatic carbocycles. The van der Waals surface area contributed by atoms with Crippen molar-refractivity contribution in [3.05, 3.63) is 90.6 Å². The zero-order chi connectivity index (χ0) is 22.5. The number of methoxy groups -OCH3 is 1. The number of benzene rings is 2. The van der Waals surface area contributed by atoms with Gasteiger partial charge < -0.3 is 9.47 Å². The predicted molar refractivity (Wildman–Crippen MR) is 126 cm³/mol. The van der Waals surface area contributed by atoms with E-state index in [1.54, 1.807) is 30.5 Å². The molecule has 160 valence electrons. The Balaban J connectivity index is 1.84. The van der Waals surface area contributed by atoms with E-state index in [-0.39, 0.29) is 43.3 Å². The fourth-order valence-electron chi connectivity index (χ4n) is 2.65. The van der Waals surface area contributed by atoms with Crippen LogP contribution in [0.15, 0.2) is 48.8 Å². The number of allylic oxidation sites excluding steroid dienone is 1. The Kier molecular flexibility index (Phi) is 8.09. The molecule has 31 heavy (non-hydrogen) atoms. The third-order valence-corrected chi connectivity index (χ3v) is 6.46. The summed E-state index contributed by atoms with van der Waals surface area (Å²) >= 11 is 30.6. The molecule has 0 spiro atoms. The molecule has 0 radical (unpaired) electrons. The number of carbonyl (C=O) groups is 1. The summed E-state index contributed by atoms with van der Waals surface area (Å²) in [6.07, 6.45) is 6.27. The van der Waals surface area contributed by atoms with Crippen molar-refractivity contribution in [3.63, 3.8) is 0 Å². The first-order valence-corrected chi connectivity index (χ1v) is 10.7. The molecule has 1 heterocycles. The largest absolute Gasteiger partial charge is 0.496 e. The number of aromatic nitrogens is 1. The molecule has 0 saturated carbocycles. The smallest absolute Gasteiger partial charge is 0.187 e. The van der Waals surface area contributed by atoms with Gasteiger partial charge in [0.25, 0.3) is 0 Å². The number of hydrogen-bond donors (Lipinski definition) is 0. The summed E-state index contributed by atoms with van der Waals surface area (Å²) < 4.78 is 11.2. The predicted octanol–water partition coefficient (Wildman–Crippen LogP) is 7.83.